The van der Waals surface area contributed by atoms with Crippen LogP contribution in [0.5, 0.6) is 0 Å². The van der Waals surface area contributed by atoms with Crippen LogP contribution in [0.15, 0.2) is 6.33 Å². The fraction of sp³-hybridized carbons (Fsp3) is 0.625. The lowest BCUT2D eigenvalue weighted by Crippen LogP contribution is -2.37. The standard InChI is InChI=1S/C8H14N4OS/c1-6(4-14-3)12(2)8(13)7-9-5-10-11-7/h5-6H,4H2,1-3H3,(H,9,10,11). The van der Waals surface area contributed by atoms with Gasteiger partial charge in [0.15, 0.2) is 0 Å². The summed E-state index contributed by atoms with van der Waals surface area (Å²) in [4.78, 5) is 17.2. The molecule has 0 radical (unpaired) electrons. The summed E-state index contributed by atoms with van der Waals surface area (Å²) in [5.74, 6) is 1.08. The second-order valence-electron chi connectivity index (χ2n) is 3.05. The second-order valence-corrected chi connectivity index (χ2v) is 3.97. The predicted octanol–water partition coefficient (Wildman–Crippen LogP) is 0.628. The lowest BCUT2D eigenvalue weighted by atomic mass is 10.3. The van der Waals surface area contributed by atoms with Gasteiger partial charge in [-0.05, 0) is 13.2 Å². The number of thioether (sulfide) groups is 1. The third-order valence-electron chi connectivity index (χ3n) is 2.01. The van der Waals surface area contributed by atoms with Gasteiger partial charge in [-0.15, -0.1) is 0 Å². The molecule has 0 spiro atoms. The minimum Gasteiger partial charge on any atom is -0.335 e. The Labute approximate surface area is 87.3 Å². The van der Waals surface area contributed by atoms with E-state index in [1.165, 1.54) is 6.33 Å². The Morgan fingerprint density at radius 2 is 2.50 bits per heavy atom. The summed E-state index contributed by atoms with van der Waals surface area (Å²) in [6.07, 6.45) is 3.35. The van der Waals surface area contributed by atoms with Crippen LogP contribution in [-0.4, -0.2) is 51.1 Å². The van der Waals surface area contributed by atoms with Gasteiger partial charge in [-0.3, -0.25) is 9.89 Å². The number of carbonyl (C=O) groups is 1. The third-order valence-corrected chi connectivity index (χ3v) is 2.82. The lowest BCUT2D eigenvalue weighted by Gasteiger charge is -2.22. The quantitative estimate of drug-likeness (QED) is 0.798. The van der Waals surface area contributed by atoms with E-state index < -0.39 is 0 Å². The summed E-state index contributed by atoms with van der Waals surface area (Å²) >= 11 is 1.71. The zero-order valence-corrected chi connectivity index (χ0v) is 9.34. The topological polar surface area (TPSA) is 61.9 Å². The van der Waals surface area contributed by atoms with Crippen LogP contribution in [0.4, 0.5) is 0 Å². The molecule has 6 heteroatoms. The van der Waals surface area contributed by atoms with Gasteiger partial charge in [-0.1, -0.05) is 0 Å². The number of nitrogens with zero attached hydrogens (tertiary/aromatic N) is 3. The Morgan fingerprint density at radius 1 is 1.79 bits per heavy atom. The van der Waals surface area contributed by atoms with E-state index in [0.29, 0.717) is 5.82 Å². The maximum Gasteiger partial charge on any atom is 0.291 e. The monoisotopic (exact) mass is 214 g/mol. The fourth-order valence-electron chi connectivity index (χ4n) is 1.03. The molecule has 1 heterocycles. The van der Waals surface area contributed by atoms with Crippen LogP contribution < -0.4 is 0 Å². The molecular formula is C8H14N4OS. The zero-order valence-electron chi connectivity index (χ0n) is 8.52. The molecular weight excluding hydrogens is 200 g/mol. The van der Waals surface area contributed by atoms with Gasteiger partial charge in [-0.25, -0.2) is 4.98 Å². The minimum atomic E-state index is -0.121. The van der Waals surface area contributed by atoms with Crippen molar-refractivity contribution in [3.8, 4) is 0 Å². The Morgan fingerprint density at radius 3 is 3.00 bits per heavy atom. The van der Waals surface area contributed by atoms with Gasteiger partial charge in [0.25, 0.3) is 5.91 Å². The molecule has 0 aromatic carbocycles. The second kappa shape index (κ2) is 4.99. The number of aromatic amines is 1. The summed E-state index contributed by atoms with van der Waals surface area (Å²) in [5, 5.41) is 6.20. The van der Waals surface area contributed by atoms with Gasteiger partial charge in [0.2, 0.25) is 5.82 Å². The molecule has 0 saturated heterocycles. The van der Waals surface area contributed by atoms with Crippen molar-refractivity contribution in [3.05, 3.63) is 12.2 Å². The van der Waals surface area contributed by atoms with E-state index >= 15 is 0 Å². The van der Waals surface area contributed by atoms with Crippen LogP contribution in [0.1, 0.15) is 17.5 Å². The molecule has 1 aromatic rings. The smallest absolute Gasteiger partial charge is 0.291 e. The molecule has 1 aromatic heterocycles. The number of aromatic nitrogens is 3. The molecule has 0 aliphatic rings. The van der Waals surface area contributed by atoms with Gasteiger partial charge < -0.3 is 4.90 Å². The Balaban J connectivity index is 2.61. The first-order valence-electron chi connectivity index (χ1n) is 4.28. The van der Waals surface area contributed by atoms with Crippen LogP contribution >= 0.6 is 11.8 Å². The molecule has 1 unspecified atom stereocenters. The van der Waals surface area contributed by atoms with Crippen LogP contribution in [0.2, 0.25) is 0 Å². The van der Waals surface area contributed by atoms with E-state index in [1.54, 1.807) is 23.7 Å². The molecule has 0 aliphatic heterocycles. The highest BCUT2D eigenvalue weighted by atomic mass is 32.2. The predicted molar refractivity (Wildman–Crippen MR) is 56.3 cm³/mol. The molecule has 0 fully saturated rings. The van der Waals surface area contributed by atoms with Gasteiger partial charge in [-0.2, -0.15) is 16.9 Å². The lowest BCUT2D eigenvalue weighted by molar-refractivity contribution is 0.0746. The first-order chi connectivity index (χ1) is 6.66. The molecule has 0 bridgehead atoms. The van der Waals surface area contributed by atoms with Crippen LogP contribution in [0.25, 0.3) is 0 Å². The summed E-state index contributed by atoms with van der Waals surface area (Å²) < 4.78 is 0. The summed E-state index contributed by atoms with van der Waals surface area (Å²) in [5.41, 5.74) is 0. The van der Waals surface area contributed by atoms with E-state index in [4.69, 9.17) is 0 Å². The SMILES string of the molecule is CSCC(C)N(C)C(=O)c1ncn[nH]1. The maximum absolute atomic E-state index is 11.7. The van der Waals surface area contributed by atoms with E-state index in [9.17, 15) is 4.79 Å². The average molecular weight is 214 g/mol. The normalized spacial score (nSPS) is 12.5. The first-order valence-corrected chi connectivity index (χ1v) is 5.67. The Kier molecular flexibility index (Phi) is 3.94. The molecule has 1 N–H and O–H groups in total. The van der Waals surface area contributed by atoms with Crippen molar-refractivity contribution in [1.29, 1.82) is 0 Å². The number of hydrogen-bond acceptors (Lipinski definition) is 4. The number of amides is 1. The van der Waals surface area contributed by atoms with Crippen molar-refractivity contribution in [2.75, 3.05) is 19.1 Å². The van der Waals surface area contributed by atoms with Crippen molar-refractivity contribution in [3.63, 3.8) is 0 Å². The van der Waals surface area contributed by atoms with Crippen molar-refractivity contribution in [2.24, 2.45) is 0 Å². The number of H-pyrrole nitrogens is 1. The molecule has 5 nitrogen and oxygen atoms in total. The van der Waals surface area contributed by atoms with Crippen LogP contribution in [0, 0.1) is 0 Å². The van der Waals surface area contributed by atoms with Gasteiger partial charge in [0.05, 0.1) is 0 Å². The summed E-state index contributed by atoms with van der Waals surface area (Å²) in [7, 11) is 1.77. The number of rotatable bonds is 4. The van der Waals surface area contributed by atoms with Gasteiger partial charge in [0, 0.05) is 18.8 Å². The van der Waals surface area contributed by atoms with E-state index in [0.717, 1.165) is 5.75 Å². The molecule has 1 atom stereocenters. The average Bonchev–Trinajstić information content (AvgIpc) is 2.68. The number of carbonyl (C=O) groups excluding carboxylic acids is 1. The number of hydrogen-bond donors (Lipinski definition) is 1. The van der Waals surface area contributed by atoms with Crippen LogP contribution in [0.3, 0.4) is 0 Å². The molecule has 1 amide bonds. The van der Waals surface area contributed by atoms with Crippen molar-refractivity contribution in [1.82, 2.24) is 20.1 Å². The molecule has 14 heavy (non-hydrogen) atoms. The third kappa shape index (κ3) is 2.47. The highest BCUT2D eigenvalue weighted by Gasteiger charge is 2.18. The highest BCUT2D eigenvalue weighted by molar-refractivity contribution is 7.98. The van der Waals surface area contributed by atoms with Crippen molar-refractivity contribution >= 4 is 17.7 Å². The van der Waals surface area contributed by atoms with E-state index in [-0.39, 0.29) is 11.9 Å². The van der Waals surface area contributed by atoms with Gasteiger partial charge >= 0.3 is 0 Å². The Bertz CT molecular complexity index is 288. The molecule has 78 valence electrons. The molecule has 1 rings (SSSR count). The minimum absolute atomic E-state index is 0.121. The van der Waals surface area contributed by atoms with E-state index in [1.807, 2.05) is 13.2 Å². The fourth-order valence-corrected chi connectivity index (χ4v) is 1.73. The van der Waals surface area contributed by atoms with E-state index in [2.05, 4.69) is 15.2 Å². The Hall–Kier alpha value is -1.04. The highest BCUT2D eigenvalue weighted by Crippen LogP contribution is 2.06. The van der Waals surface area contributed by atoms with Crippen molar-refractivity contribution in [2.45, 2.75) is 13.0 Å². The van der Waals surface area contributed by atoms with Crippen LogP contribution in [-0.2, 0) is 0 Å². The summed E-state index contributed by atoms with van der Waals surface area (Å²) in [6.45, 7) is 2.00. The number of nitrogens with one attached hydrogen (secondary N) is 1. The molecule has 0 aliphatic carbocycles. The first kappa shape index (κ1) is 11.0. The van der Waals surface area contributed by atoms with Gasteiger partial charge in [0.1, 0.15) is 6.33 Å². The largest absolute Gasteiger partial charge is 0.335 e. The summed E-state index contributed by atoms with van der Waals surface area (Å²) in [6, 6.07) is 0.197. The maximum atomic E-state index is 11.7. The van der Waals surface area contributed by atoms with Crippen molar-refractivity contribution < 1.29 is 4.79 Å². The molecule has 0 saturated carbocycles. The zero-order chi connectivity index (χ0) is 10.6.